The summed E-state index contributed by atoms with van der Waals surface area (Å²) < 4.78 is 0. The summed E-state index contributed by atoms with van der Waals surface area (Å²) in [5, 5.41) is 29.5. The summed E-state index contributed by atoms with van der Waals surface area (Å²) >= 11 is 0. The Bertz CT molecular complexity index is 74.1. The van der Waals surface area contributed by atoms with E-state index >= 15 is 0 Å². The molecule has 0 aliphatic heterocycles. The Morgan fingerprint density at radius 1 is 0.692 bits per heavy atom. The van der Waals surface area contributed by atoms with E-state index in [-0.39, 0.29) is 44.3 Å². The molecule has 0 aliphatic rings. The summed E-state index contributed by atoms with van der Waals surface area (Å²) in [7, 11) is 0. The number of nitrogens with zero attached hydrogens (tertiary/aromatic N) is 2. The normalized spacial score (nSPS) is 3.69. The second kappa shape index (κ2) is 44.4. The molecule has 86 valence electrons. The molecule has 0 aromatic heterocycles. The maximum atomic E-state index is 8.25. The molecule has 0 rings (SSSR count). The quantitative estimate of drug-likeness (QED) is 0.397. The van der Waals surface area contributed by atoms with Gasteiger partial charge in [0.15, 0.2) is 0 Å². The molecule has 0 saturated heterocycles. The van der Waals surface area contributed by atoms with Crippen molar-refractivity contribution in [1.82, 2.24) is 12.3 Å². The smallest absolute Gasteiger partial charge is 0.870 e. The third-order valence-electron chi connectivity index (χ3n) is 0. The van der Waals surface area contributed by atoms with Crippen LogP contribution in [0.3, 0.4) is 0 Å². The molecule has 8 N–H and O–H groups in total. The molecule has 0 aromatic rings. The summed E-state index contributed by atoms with van der Waals surface area (Å²) in [5.41, 5.74) is 0. The predicted molar refractivity (Wildman–Crippen MR) is 34.6 cm³/mol. The molecule has 0 bridgehead atoms. The molecule has 0 unspecified atom stereocenters. The van der Waals surface area contributed by atoms with E-state index in [9.17, 15) is 0 Å². The Morgan fingerprint density at radius 3 is 0.692 bits per heavy atom. The van der Waals surface area contributed by atoms with Gasteiger partial charge in [-0.3, -0.25) is 0 Å². The fourth-order valence-corrected chi connectivity index (χ4v) is 0. The van der Waals surface area contributed by atoms with E-state index in [0.717, 1.165) is 0 Å². The van der Waals surface area contributed by atoms with Crippen LogP contribution in [0.1, 0.15) is 0 Å². The summed E-state index contributed by atoms with van der Waals surface area (Å²) in [6.45, 7) is 0. The molecular weight excluding hydrogens is 379 g/mol. The van der Waals surface area contributed by atoms with Gasteiger partial charge in [-0.1, -0.05) is 0 Å². The molecular formula is H8N4O8Pt. The van der Waals surface area contributed by atoms with Gasteiger partial charge in [-0.05, 0) is 0 Å². The van der Waals surface area contributed by atoms with E-state index in [0.29, 0.717) is 0 Å². The topological polar surface area (TPSA) is 262 Å². The molecule has 0 aliphatic carbocycles. The third kappa shape index (κ3) is 758. The fourth-order valence-electron chi connectivity index (χ4n) is 0. The van der Waals surface area contributed by atoms with Gasteiger partial charge >= 0.3 is 21.1 Å². The SMILES string of the molecule is N.N.O=[N+]([O-])[O-].O=[N+]([O-])[O-].[OH-].[OH-].[Pt+4]. The van der Waals surface area contributed by atoms with E-state index in [1.807, 2.05) is 0 Å². The minimum atomic E-state index is -1.75. The van der Waals surface area contributed by atoms with Crippen LogP contribution in [0.4, 0.5) is 0 Å². The van der Waals surface area contributed by atoms with Crippen molar-refractivity contribution < 1.29 is 42.2 Å². The van der Waals surface area contributed by atoms with Crippen molar-refractivity contribution in [3.05, 3.63) is 30.6 Å². The Hall–Kier alpha value is -1.07. The molecule has 0 radical (unpaired) electrons. The van der Waals surface area contributed by atoms with Crippen molar-refractivity contribution in [3.63, 3.8) is 0 Å². The van der Waals surface area contributed by atoms with Crippen LogP contribution in [0.15, 0.2) is 0 Å². The molecule has 0 atom stereocenters. The second-order valence-electron chi connectivity index (χ2n) is 0.447. The van der Waals surface area contributed by atoms with E-state index in [1.165, 1.54) is 0 Å². The van der Waals surface area contributed by atoms with Crippen molar-refractivity contribution in [2.24, 2.45) is 0 Å². The van der Waals surface area contributed by atoms with Crippen LogP contribution in [-0.4, -0.2) is 21.1 Å². The van der Waals surface area contributed by atoms with Gasteiger partial charge in [0, 0.05) is 0 Å². The number of hydrogen-bond acceptors (Lipinski definition) is 10. The first-order valence-electron chi connectivity index (χ1n) is 1.10. The minimum Gasteiger partial charge on any atom is -0.870 e. The van der Waals surface area contributed by atoms with Crippen LogP contribution < -0.4 is 12.3 Å². The van der Waals surface area contributed by atoms with Gasteiger partial charge in [-0.2, -0.15) is 0 Å². The third-order valence-corrected chi connectivity index (χ3v) is 0. The monoisotopic (exact) mass is 387 g/mol. The van der Waals surface area contributed by atoms with Gasteiger partial charge < -0.3 is 53.9 Å². The van der Waals surface area contributed by atoms with Gasteiger partial charge in [-0.25, -0.2) is 0 Å². The molecule has 0 fully saturated rings. The molecule has 13 heteroatoms. The maximum absolute atomic E-state index is 8.25. The second-order valence-corrected chi connectivity index (χ2v) is 0.447. The van der Waals surface area contributed by atoms with E-state index < -0.39 is 10.2 Å². The summed E-state index contributed by atoms with van der Waals surface area (Å²) in [5.74, 6) is 0. The molecule has 0 amide bonds. The first kappa shape index (κ1) is 58.7. The maximum Gasteiger partial charge on any atom is 4.00 e. The van der Waals surface area contributed by atoms with Gasteiger partial charge in [0.05, 0.1) is 10.2 Å². The van der Waals surface area contributed by atoms with Crippen molar-refractivity contribution in [1.29, 1.82) is 0 Å². The van der Waals surface area contributed by atoms with Crippen LogP contribution in [0.5, 0.6) is 0 Å². The van der Waals surface area contributed by atoms with E-state index in [4.69, 9.17) is 30.6 Å². The summed E-state index contributed by atoms with van der Waals surface area (Å²) in [6, 6.07) is 0. The first-order chi connectivity index (χ1) is 3.46. The van der Waals surface area contributed by atoms with Gasteiger partial charge in [0.1, 0.15) is 0 Å². The molecule has 0 saturated carbocycles. The van der Waals surface area contributed by atoms with Crippen LogP contribution in [0.2, 0.25) is 0 Å². The molecule has 0 spiro atoms. The zero-order valence-electron chi connectivity index (χ0n) is 5.97. The molecule has 13 heavy (non-hydrogen) atoms. The largest absolute Gasteiger partial charge is 4.00 e. The fraction of sp³-hybridized carbons (Fsp3) is 0. The number of rotatable bonds is 0. The van der Waals surface area contributed by atoms with Crippen LogP contribution in [0.25, 0.3) is 0 Å². The molecule has 0 heterocycles. The van der Waals surface area contributed by atoms with E-state index in [1.54, 1.807) is 0 Å². The van der Waals surface area contributed by atoms with E-state index in [2.05, 4.69) is 0 Å². The van der Waals surface area contributed by atoms with Crippen molar-refractivity contribution in [3.8, 4) is 0 Å². The average Bonchev–Trinajstić information content (AvgIpc) is 1.25. The molecule has 0 aromatic carbocycles. The standard InChI is InChI=1S/2NO3.2H3N.2H2O.Pt/c2*2-1(3)4;;;;;/h;;2*1H3;2*1H2;/q2*-1;;;;;+4/p-2. The zero-order chi connectivity index (χ0) is 7.15. The summed E-state index contributed by atoms with van der Waals surface area (Å²) in [4.78, 5) is 16.5. The Kier molecular flexibility index (Phi) is 200. The van der Waals surface area contributed by atoms with Crippen LogP contribution in [0, 0.1) is 30.6 Å². The van der Waals surface area contributed by atoms with Crippen LogP contribution >= 0.6 is 0 Å². The minimum absolute atomic E-state index is 0. The number of hydrogen-bond donors (Lipinski definition) is 2. The van der Waals surface area contributed by atoms with Crippen LogP contribution in [-0.2, 0) is 21.1 Å². The van der Waals surface area contributed by atoms with Gasteiger partial charge in [0.25, 0.3) is 0 Å². The Labute approximate surface area is 85.8 Å². The van der Waals surface area contributed by atoms with Gasteiger partial charge in [-0.15, -0.1) is 0 Å². The van der Waals surface area contributed by atoms with Gasteiger partial charge in [0.2, 0.25) is 0 Å². The van der Waals surface area contributed by atoms with Crippen molar-refractivity contribution in [2.45, 2.75) is 0 Å². The van der Waals surface area contributed by atoms with Crippen molar-refractivity contribution in [2.75, 3.05) is 0 Å². The average molecular weight is 387 g/mol. The Morgan fingerprint density at radius 2 is 0.692 bits per heavy atom. The first-order valence-corrected chi connectivity index (χ1v) is 1.10. The zero-order valence-corrected chi connectivity index (χ0v) is 8.24. The predicted octanol–water partition coefficient (Wildman–Crippen LogP) is -0.510. The Balaban J connectivity index is -0.00000000800. The summed E-state index contributed by atoms with van der Waals surface area (Å²) in [6.07, 6.45) is 0. The van der Waals surface area contributed by atoms with Crippen molar-refractivity contribution >= 4 is 0 Å². The molecule has 12 nitrogen and oxygen atoms in total.